The Balaban J connectivity index is 4.42. The smallest absolute Gasteiger partial charge is 0.203 e. The summed E-state index contributed by atoms with van der Waals surface area (Å²) in [5.74, 6) is 0.447. The largest absolute Gasteiger partial charge is 0.329 e. The molecule has 0 rings (SSSR count). The highest BCUT2D eigenvalue weighted by Gasteiger charge is 2.30. The summed E-state index contributed by atoms with van der Waals surface area (Å²) in [6.07, 6.45) is 2.08. The van der Waals surface area contributed by atoms with Gasteiger partial charge in [0.05, 0.1) is 6.61 Å². The average Bonchev–Trinajstić information content (AvgIpc) is 1.99. The molecule has 0 aromatic rings. The molecule has 3 heteroatoms. The molecule has 2 unspecified atom stereocenters. The molecular formula is C10H23O2P. The van der Waals surface area contributed by atoms with Gasteiger partial charge in [0.15, 0.2) is 0 Å². The molecule has 0 heterocycles. The van der Waals surface area contributed by atoms with Gasteiger partial charge >= 0.3 is 0 Å². The molecule has 0 aromatic carbocycles. The van der Waals surface area contributed by atoms with Gasteiger partial charge in [-0.25, -0.2) is 0 Å². The SMILES string of the molecule is CCCC(C(C)C)P(C)(=O)OCC. The Labute approximate surface area is 82.5 Å². The quantitative estimate of drug-likeness (QED) is 0.618. The van der Waals surface area contributed by atoms with Crippen molar-refractivity contribution in [3.63, 3.8) is 0 Å². The lowest BCUT2D eigenvalue weighted by Crippen LogP contribution is -2.17. The van der Waals surface area contributed by atoms with Crippen molar-refractivity contribution in [1.82, 2.24) is 0 Å². The molecular weight excluding hydrogens is 183 g/mol. The van der Waals surface area contributed by atoms with Gasteiger partial charge < -0.3 is 4.52 Å². The summed E-state index contributed by atoms with van der Waals surface area (Å²) in [6, 6.07) is 0. The summed E-state index contributed by atoms with van der Waals surface area (Å²) in [4.78, 5) is 0. The van der Waals surface area contributed by atoms with Crippen LogP contribution >= 0.6 is 7.37 Å². The molecule has 0 aliphatic rings. The van der Waals surface area contributed by atoms with Crippen LogP contribution < -0.4 is 0 Å². The van der Waals surface area contributed by atoms with Gasteiger partial charge in [0.1, 0.15) is 0 Å². The maximum atomic E-state index is 12.1. The molecule has 80 valence electrons. The Hall–Kier alpha value is 0.190. The molecule has 0 bridgehead atoms. The lowest BCUT2D eigenvalue weighted by atomic mass is 10.1. The highest BCUT2D eigenvalue weighted by atomic mass is 31.2. The van der Waals surface area contributed by atoms with Crippen LogP contribution in [0.1, 0.15) is 40.5 Å². The third-order valence-electron chi connectivity index (χ3n) is 2.34. The lowest BCUT2D eigenvalue weighted by molar-refractivity contribution is 0.318. The first-order valence-electron chi connectivity index (χ1n) is 5.17. The van der Waals surface area contributed by atoms with E-state index < -0.39 is 7.37 Å². The van der Waals surface area contributed by atoms with E-state index >= 15 is 0 Å². The van der Waals surface area contributed by atoms with Crippen molar-refractivity contribution in [3.05, 3.63) is 0 Å². The fraction of sp³-hybridized carbons (Fsp3) is 1.00. The van der Waals surface area contributed by atoms with Crippen LogP contribution in [0.4, 0.5) is 0 Å². The molecule has 2 atom stereocenters. The maximum Gasteiger partial charge on any atom is 0.203 e. The van der Waals surface area contributed by atoms with E-state index in [1.807, 2.05) is 6.92 Å². The van der Waals surface area contributed by atoms with Crippen LogP contribution in [0.3, 0.4) is 0 Å². The molecule has 0 N–H and O–H groups in total. The first-order chi connectivity index (χ1) is 5.95. The van der Waals surface area contributed by atoms with E-state index in [2.05, 4.69) is 20.8 Å². The predicted molar refractivity (Wildman–Crippen MR) is 58.7 cm³/mol. The van der Waals surface area contributed by atoms with Crippen LogP contribution in [0.2, 0.25) is 0 Å². The summed E-state index contributed by atoms with van der Waals surface area (Å²) in [5, 5.41) is 0. The Bertz CT molecular complexity index is 178. The summed E-state index contributed by atoms with van der Waals surface area (Å²) in [6.45, 7) is 10.6. The molecule has 0 aromatic heterocycles. The molecule has 2 nitrogen and oxygen atoms in total. The van der Waals surface area contributed by atoms with Crippen LogP contribution in [0.15, 0.2) is 0 Å². The molecule has 0 radical (unpaired) electrons. The monoisotopic (exact) mass is 206 g/mol. The predicted octanol–water partition coefficient (Wildman–Crippen LogP) is 3.76. The molecule has 0 fully saturated rings. The minimum absolute atomic E-state index is 0.234. The fourth-order valence-corrected chi connectivity index (χ4v) is 4.27. The topological polar surface area (TPSA) is 26.3 Å². The second kappa shape index (κ2) is 5.82. The van der Waals surface area contributed by atoms with E-state index in [1.54, 1.807) is 6.66 Å². The number of hydrogen-bond donors (Lipinski definition) is 0. The third-order valence-corrected chi connectivity index (χ3v) is 5.17. The molecule has 13 heavy (non-hydrogen) atoms. The zero-order valence-corrected chi connectivity index (χ0v) is 10.4. The Morgan fingerprint density at radius 1 is 1.31 bits per heavy atom. The van der Waals surface area contributed by atoms with Gasteiger partial charge in [-0.15, -0.1) is 0 Å². The van der Waals surface area contributed by atoms with E-state index in [0.29, 0.717) is 12.5 Å². The maximum absolute atomic E-state index is 12.1. The van der Waals surface area contributed by atoms with Gasteiger partial charge in [0.2, 0.25) is 7.37 Å². The Kier molecular flexibility index (Phi) is 5.91. The molecule has 0 amide bonds. The van der Waals surface area contributed by atoms with Gasteiger partial charge in [-0.05, 0) is 19.3 Å². The van der Waals surface area contributed by atoms with Crippen molar-refractivity contribution in [3.8, 4) is 0 Å². The van der Waals surface area contributed by atoms with Gasteiger partial charge in [-0.3, -0.25) is 4.57 Å². The van der Waals surface area contributed by atoms with Crippen LogP contribution in [0.5, 0.6) is 0 Å². The molecule has 0 aliphatic carbocycles. The second-order valence-corrected chi connectivity index (χ2v) is 6.67. The lowest BCUT2D eigenvalue weighted by Gasteiger charge is -2.26. The summed E-state index contributed by atoms with van der Waals surface area (Å²) in [7, 11) is -2.38. The van der Waals surface area contributed by atoms with Crippen LogP contribution in [-0.2, 0) is 9.09 Å². The average molecular weight is 206 g/mol. The van der Waals surface area contributed by atoms with E-state index in [1.165, 1.54) is 0 Å². The summed E-state index contributed by atoms with van der Waals surface area (Å²) in [5.41, 5.74) is 0.234. The summed E-state index contributed by atoms with van der Waals surface area (Å²) < 4.78 is 17.5. The van der Waals surface area contributed by atoms with Gasteiger partial charge in [0, 0.05) is 12.3 Å². The second-order valence-electron chi connectivity index (χ2n) is 3.93. The first kappa shape index (κ1) is 13.2. The standard InChI is InChI=1S/C10H23O2P/c1-6-8-10(9(3)4)13(5,11)12-7-2/h9-10H,6-8H2,1-5H3. The van der Waals surface area contributed by atoms with Crippen molar-refractivity contribution in [2.75, 3.05) is 13.3 Å². The van der Waals surface area contributed by atoms with E-state index in [-0.39, 0.29) is 5.66 Å². The molecule has 0 aliphatic heterocycles. The summed E-state index contributed by atoms with van der Waals surface area (Å²) >= 11 is 0. The minimum atomic E-state index is -2.38. The van der Waals surface area contributed by atoms with Crippen LogP contribution in [0.25, 0.3) is 0 Å². The number of rotatable bonds is 6. The molecule has 0 saturated heterocycles. The van der Waals surface area contributed by atoms with Gasteiger partial charge in [-0.1, -0.05) is 27.2 Å². The van der Waals surface area contributed by atoms with Crippen LogP contribution in [0, 0.1) is 5.92 Å². The van der Waals surface area contributed by atoms with Crippen molar-refractivity contribution in [1.29, 1.82) is 0 Å². The van der Waals surface area contributed by atoms with E-state index in [4.69, 9.17) is 4.52 Å². The zero-order valence-electron chi connectivity index (χ0n) is 9.54. The Morgan fingerprint density at radius 2 is 1.85 bits per heavy atom. The van der Waals surface area contributed by atoms with Gasteiger partial charge in [-0.2, -0.15) is 0 Å². The molecule has 0 spiro atoms. The van der Waals surface area contributed by atoms with E-state index in [9.17, 15) is 4.57 Å². The Morgan fingerprint density at radius 3 is 2.15 bits per heavy atom. The third kappa shape index (κ3) is 4.28. The van der Waals surface area contributed by atoms with Crippen molar-refractivity contribution in [2.24, 2.45) is 5.92 Å². The van der Waals surface area contributed by atoms with Gasteiger partial charge in [0.25, 0.3) is 0 Å². The minimum Gasteiger partial charge on any atom is -0.329 e. The zero-order chi connectivity index (χ0) is 10.5. The number of hydrogen-bond acceptors (Lipinski definition) is 2. The van der Waals surface area contributed by atoms with E-state index in [0.717, 1.165) is 12.8 Å². The van der Waals surface area contributed by atoms with Crippen molar-refractivity contribution in [2.45, 2.75) is 46.2 Å². The molecule has 0 saturated carbocycles. The first-order valence-corrected chi connectivity index (χ1v) is 7.31. The van der Waals surface area contributed by atoms with Crippen molar-refractivity contribution < 1.29 is 9.09 Å². The highest BCUT2D eigenvalue weighted by molar-refractivity contribution is 7.58. The van der Waals surface area contributed by atoms with Crippen LogP contribution in [-0.4, -0.2) is 18.9 Å². The fourth-order valence-electron chi connectivity index (χ4n) is 1.76. The van der Waals surface area contributed by atoms with Crippen molar-refractivity contribution >= 4 is 7.37 Å². The normalized spacial score (nSPS) is 18.6. The highest BCUT2D eigenvalue weighted by Crippen LogP contribution is 2.52.